The molecule has 0 bridgehead atoms. The molecule has 1 aromatic carbocycles. The van der Waals surface area contributed by atoms with Crippen molar-refractivity contribution in [2.24, 2.45) is 5.92 Å². The van der Waals surface area contributed by atoms with Crippen LogP contribution in [0.5, 0.6) is 5.75 Å². The summed E-state index contributed by atoms with van der Waals surface area (Å²) in [6.07, 6.45) is -11.6. The number of alkyl halides is 9. The molecule has 11 heteroatoms. The summed E-state index contributed by atoms with van der Waals surface area (Å²) >= 11 is 0. The second kappa shape index (κ2) is 7.76. The van der Waals surface area contributed by atoms with E-state index in [1.807, 2.05) is 13.8 Å². The highest BCUT2D eigenvalue weighted by Gasteiger charge is 2.81. The molecule has 0 aromatic heterocycles. The van der Waals surface area contributed by atoms with E-state index in [1.54, 1.807) is 0 Å². The Morgan fingerprint density at radius 2 is 1.33 bits per heavy atom. The van der Waals surface area contributed by atoms with Crippen molar-refractivity contribution in [3.63, 3.8) is 0 Å². The van der Waals surface area contributed by atoms with Gasteiger partial charge in [0.15, 0.2) is 0 Å². The highest BCUT2D eigenvalue weighted by molar-refractivity contribution is 5.28. The van der Waals surface area contributed by atoms with Gasteiger partial charge >= 0.3 is 23.9 Å². The zero-order valence-corrected chi connectivity index (χ0v) is 14.1. The SMILES string of the molecule is CC(C)COc1ccc(C(O)CC(F)(F)C(F)(F)C(F)(F)C(F)(F)F)cc1. The van der Waals surface area contributed by atoms with Gasteiger partial charge < -0.3 is 9.84 Å². The average Bonchev–Trinajstić information content (AvgIpc) is 2.51. The Morgan fingerprint density at radius 3 is 1.74 bits per heavy atom. The molecule has 27 heavy (non-hydrogen) atoms. The molecule has 1 unspecified atom stereocenters. The monoisotopic (exact) mass is 412 g/mol. The Bertz CT molecular complexity index is 609. The molecule has 0 radical (unpaired) electrons. The highest BCUT2D eigenvalue weighted by atomic mass is 19.4. The van der Waals surface area contributed by atoms with Crippen LogP contribution in [0.2, 0.25) is 0 Å². The zero-order chi connectivity index (χ0) is 21.3. The molecule has 0 aliphatic carbocycles. The van der Waals surface area contributed by atoms with Crippen molar-refractivity contribution in [2.45, 2.75) is 50.3 Å². The first-order valence-corrected chi connectivity index (χ1v) is 7.64. The van der Waals surface area contributed by atoms with Gasteiger partial charge in [-0.25, -0.2) is 0 Å². The average molecular weight is 412 g/mol. The van der Waals surface area contributed by atoms with Gasteiger partial charge in [-0.2, -0.15) is 39.5 Å². The number of hydrogen-bond donors (Lipinski definition) is 1. The third kappa shape index (κ3) is 4.99. The molecule has 1 aromatic rings. The fourth-order valence-corrected chi connectivity index (χ4v) is 1.95. The van der Waals surface area contributed by atoms with Crippen LogP contribution in [0, 0.1) is 5.92 Å². The molecule has 0 aliphatic rings. The molecule has 0 saturated carbocycles. The first kappa shape index (κ1) is 23.4. The van der Waals surface area contributed by atoms with E-state index in [4.69, 9.17) is 4.74 Å². The third-order valence-electron chi connectivity index (χ3n) is 3.51. The van der Waals surface area contributed by atoms with Gasteiger partial charge in [0.25, 0.3) is 0 Å². The number of halogens is 9. The maximum absolute atomic E-state index is 13.5. The summed E-state index contributed by atoms with van der Waals surface area (Å²) in [6.45, 7) is 3.99. The fraction of sp³-hybridized carbons (Fsp3) is 0.625. The predicted molar refractivity (Wildman–Crippen MR) is 77.2 cm³/mol. The lowest BCUT2D eigenvalue weighted by Gasteiger charge is -2.34. The summed E-state index contributed by atoms with van der Waals surface area (Å²) in [5.74, 6) is -19.1. The Balaban J connectivity index is 2.95. The van der Waals surface area contributed by atoms with Gasteiger partial charge in [0.1, 0.15) is 5.75 Å². The second-order valence-corrected chi connectivity index (χ2v) is 6.34. The van der Waals surface area contributed by atoms with Crippen LogP contribution < -0.4 is 4.74 Å². The van der Waals surface area contributed by atoms with Crippen LogP contribution in [0.1, 0.15) is 31.9 Å². The number of ether oxygens (including phenoxy) is 1. The summed E-state index contributed by atoms with van der Waals surface area (Å²) in [5, 5.41) is 9.62. The number of rotatable bonds is 8. The van der Waals surface area contributed by atoms with Crippen molar-refractivity contribution in [3.8, 4) is 5.75 Å². The number of hydrogen-bond acceptors (Lipinski definition) is 2. The van der Waals surface area contributed by atoms with Crippen LogP contribution in [0.25, 0.3) is 0 Å². The Hall–Kier alpha value is -1.65. The van der Waals surface area contributed by atoms with E-state index in [2.05, 4.69) is 0 Å². The van der Waals surface area contributed by atoms with E-state index < -0.39 is 36.5 Å². The molecule has 0 fully saturated rings. The number of aliphatic hydroxyl groups excluding tert-OH is 1. The molecule has 0 aliphatic heterocycles. The van der Waals surface area contributed by atoms with Gasteiger partial charge in [0.2, 0.25) is 0 Å². The molecular weight excluding hydrogens is 395 g/mol. The van der Waals surface area contributed by atoms with E-state index in [0.29, 0.717) is 6.61 Å². The van der Waals surface area contributed by atoms with Crippen molar-refractivity contribution in [2.75, 3.05) is 6.61 Å². The molecule has 2 nitrogen and oxygen atoms in total. The molecule has 1 rings (SSSR count). The summed E-state index contributed by atoms with van der Waals surface area (Å²) in [5.41, 5.74) is -0.377. The molecule has 0 amide bonds. The van der Waals surface area contributed by atoms with Crippen LogP contribution in [0.3, 0.4) is 0 Å². The summed E-state index contributed by atoms with van der Waals surface area (Å²) in [6, 6.07) is 4.44. The summed E-state index contributed by atoms with van der Waals surface area (Å²) in [4.78, 5) is 0. The smallest absolute Gasteiger partial charge is 0.460 e. The highest BCUT2D eigenvalue weighted by Crippen LogP contribution is 2.55. The lowest BCUT2D eigenvalue weighted by atomic mass is 9.95. The minimum absolute atomic E-state index is 0.159. The third-order valence-corrected chi connectivity index (χ3v) is 3.51. The molecule has 0 heterocycles. The Labute approximate surface area is 148 Å². The molecule has 0 spiro atoms. The first-order valence-electron chi connectivity index (χ1n) is 7.64. The quantitative estimate of drug-likeness (QED) is 0.563. The predicted octanol–water partition coefficient (Wildman–Crippen LogP) is 5.61. The van der Waals surface area contributed by atoms with E-state index in [-0.39, 0.29) is 17.2 Å². The lowest BCUT2D eigenvalue weighted by molar-refractivity contribution is -0.398. The van der Waals surface area contributed by atoms with Crippen molar-refractivity contribution in [1.82, 2.24) is 0 Å². The normalized spacial score (nSPS) is 15.1. The van der Waals surface area contributed by atoms with Crippen LogP contribution in [-0.2, 0) is 0 Å². The van der Waals surface area contributed by atoms with Crippen LogP contribution in [0.4, 0.5) is 39.5 Å². The number of aliphatic hydroxyl groups is 1. The van der Waals surface area contributed by atoms with Gasteiger partial charge in [0, 0.05) is 6.42 Å². The largest absolute Gasteiger partial charge is 0.493 e. The van der Waals surface area contributed by atoms with Gasteiger partial charge in [-0.05, 0) is 23.6 Å². The molecule has 1 atom stereocenters. The minimum Gasteiger partial charge on any atom is -0.493 e. The van der Waals surface area contributed by atoms with E-state index in [1.165, 1.54) is 12.1 Å². The maximum atomic E-state index is 13.5. The van der Waals surface area contributed by atoms with Crippen LogP contribution in [-0.4, -0.2) is 35.7 Å². The topological polar surface area (TPSA) is 29.5 Å². The van der Waals surface area contributed by atoms with Gasteiger partial charge in [-0.1, -0.05) is 26.0 Å². The van der Waals surface area contributed by atoms with Crippen molar-refractivity contribution in [3.05, 3.63) is 29.8 Å². The van der Waals surface area contributed by atoms with E-state index in [9.17, 15) is 44.6 Å². The van der Waals surface area contributed by atoms with Crippen molar-refractivity contribution >= 4 is 0 Å². The van der Waals surface area contributed by atoms with Gasteiger partial charge in [-0.3, -0.25) is 0 Å². The van der Waals surface area contributed by atoms with Gasteiger partial charge in [-0.15, -0.1) is 0 Å². The fourth-order valence-electron chi connectivity index (χ4n) is 1.95. The van der Waals surface area contributed by atoms with E-state index >= 15 is 0 Å². The molecule has 156 valence electrons. The van der Waals surface area contributed by atoms with E-state index in [0.717, 1.165) is 12.1 Å². The second-order valence-electron chi connectivity index (χ2n) is 6.34. The number of benzene rings is 1. The molecular formula is C16H17F9O2. The maximum Gasteiger partial charge on any atom is 0.460 e. The van der Waals surface area contributed by atoms with Crippen molar-refractivity contribution in [1.29, 1.82) is 0 Å². The van der Waals surface area contributed by atoms with Gasteiger partial charge in [0.05, 0.1) is 12.7 Å². The van der Waals surface area contributed by atoms with Crippen LogP contribution in [0.15, 0.2) is 24.3 Å². The molecule has 0 saturated heterocycles. The van der Waals surface area contributed by atoms with Crippen molar-refractivity contribution < 1.29 is 49.4 Å². The Morgan fingerprint density at radius 1 is 0.852 bits per heavy atom. The summed E-state index contributed by atoms with van der Waals surface area (Å²) < 4.78 is 121. The minimum atomic E-state index is -6.97. The first-order chi connectivity index (χ1) is 12.0. The Kier molecular flexibility index (Phi) is 6.73. The van der Waals surface area contributed by atoms with Crippen LogP contribution >= 0.6 is 0 Å². The zero-order valence-electron chi connectivity index (χ0n) is 14.1. The standard InChI is InChI=1S/C16H17F9O2/c1-9(2)8-27-11-5-3-10(4-6-11)12(26)7-13(17,18)14(19,20)15(21,22)16(23,24)25/h3-6,9,12,26H,7-8H2,1-2H3. The lowest BCUT2D eigenvalue weighted by Crippen LogP contribution is -2.61. The molecule has 1 N–H and O–H groups in total. The summed E-state index contributed by atoms with van der Waals surface area (Å²) in [7, 11) is 0.